The van der Waals surface area contributed by atoms with E-state index in [1.165, 1.54) is 12.1 Å². The number of imide groups is 1. The summed E-state index contributed by atoms with van der Waals surface area (Å²) < 4.78 is 5.34. The van der Waals surface area contributed by atoms with Crippen molar-refractivity contribution in [1.82, 2.24) is 4.90 Å². The third kappa shape index (κ3) is 4.10. The Hall–Kier alpha value is -3.48. The lowest BCUT2D eigenvalue weighted by Crippen LogP contribution is -2.28. The van der Waals surface area contributed by atoms with Gasteiger partial charge in [-0.25, -0.2) is 4.79 Å². The van der Waals surface area contributed by atoms with Gasteiger partial charge in [0, 0.05) is 31.5 Å². The number of hydrogen-bond donors (Lipinski definition) is 0. The smallest absolute Gasteiger partial charge is 0.338 e. The highest BCUT2D eigenvalue weighted by atomic mass is 16.5. The van der Waals surface area contributed by atoms with Crippen LogP contribution in [0.25, 0.3) is 0 Å². The molecule has 0 N–H and O–H groups in total. The minimum Gasteiger partial charge on any atom is -0.457 e. The Morgan fingerprint density at radius 3 is 1.97 bits per heavy atom. The molecule has 30 heavy (non-hydrogen) atoms. The molecule has 2 aliphatic rings. The predicted molar refractivity (Wildman–Crippen MR) is 109 cm³/mol. The van der Waals surface area contributed by atoms with Crippen molar-refractivity contribution in [3.05, 3.63) is 65.2 Å². The van der Waals surface area contributed by atoms with E-state index in [4.69, 9.17) is 4.74 Å². The van der Waals surface area contributed by atoms with Crippen LogP contribution in [0.15, 0.2) is 48.5 Å². The number of benzene rings is 2. The largest absolute Gasteiger partial charge is 0.457 e. The summed E-state index contributed by atoms with van der Waals surface area (Å²) in [7, 11) is 0. The quantitative estimate of drug-likeness (QED) is 0.563. The topological polar surface area (TPSA) is 84.0 Å². The van der Waals surface area contributed by atoms with Crippen LogP contribution in [0, 0.1) is 0 Å². The van der Waals surface area contributed by atoms with Crippen LogP contribution in [0.3, 0.4) is 0 Å². The fraction of sp³-hybridized carbons (Fsp3) is 0.304. The van der Waals surface area contributed by atoms with Crippen molar-refractivity contribution in [2.45, 2.75) is 32.3 Å². The summed E-state index contributed by atoms with van der Waals surface area (Å²) in [5.74, 6) is -0.937. The Kier molecular flexibility index (Phi) is 5.61. The molecule has 4 rings (SSSR count). The Morgan fingerprint density at radius 1 is 0.800 bits per heavy atom. The van der Waals surface area contributed by atoms with Gasteiger partial charge in [-0.3, -0.25) is 19.3 Å². The minimum absolute atomic E-state index is 0.0334. The fourth-order valence-corrected chi connectivity index (χ4v) is 3.69. The van der Waals surface area contributed by atoms with E-state index < -0.39 is 5.97 Å². The molecule has 0 aromatic heterocycles. The fourth-order valence-electron chi connectivity index (χ4n) is 3.69. The summed E-state index contributed by atoms with van der Waals surface area (Å²) >= 11 is 0. The number of nitrogens with zero attached hydrogens (tertiary/aromatic N) is 2. The van der Waals surface area contributed by atoms with Gasteiger partial charge in [-0.15, -0.1) is 0 Å². The van der Waals surface area contributed by atoms with E-state index in [1.807, 2.05) is 4.90 Å². The van der Waals surface area contributed by atoms with Gasteiger partial charge in [0.25, 0.3) is 5.91 Å². The van der Waals surface area contributed by atoms with Crippen LogP contribution in [0.4, 0.5) is 5.69 Å². The maximum atomic E-state index is 12.4. The van der Waals surface area contributed by atoms with E-state index in [0.717, 1.165) is 36.4 Å². The highest BCUT2D eigenvalue weighted by molar-refractivity contribution is 6.19. The van der Waals surface area contributed by atoms with Crippen LogP contribution in [0.2, 0.25) is 0 Å². The van der Waals surface area contributed by atoms with Gasteiger partial charge in [-0.05, 0) is 54.8 Å². The van der Waals surface area contributed by atoms with Gasteiger partial charge in [0.05, 0.1) is 11.3 Å². The van der Waals surface area contributed by atoms with Crippen LogP contribution in [0.5, 0.6) is 0 Å². The van der Waals surface area contributed by atoms with Crippen LogP contribution in [-0.4, -0.2) is 41.7 Å². The number of hydrogen-bond acceptors (Lipinski definition) is 5. The molecule has 0 unspecified atom stereocenters. The molecule has 0 saturated carbocycles. The molecule has 154 valence electrons. The second-order valence-corrected chi connectivity index (χ2v) is 7.44. The van der Waals surface area contributed by atoms with E-state index in [1.54, 1.807) is 36.4 Å². The molecule has 0 aliphatic carbocycles. The van der Waals surface area contributed by atoms with Crippen molar-refractivity contribution in [3.8, 4) is 0 Å². The Morgan fingerprint density at radius 2 is 1.37 bits per heavy atom. The van der Waals surface area contributed by atoms with Crippen molar-refractivity contribution in [2.24, 2.45) is 0 Å². The van der Waals surface area contributed by atoms with Gasteiger partial charge < -0.3 is 9.64 Å². The normalized spacial score (nSPS) is 16.3. The summed E-state index contributed by atoms with van der Waals surface area (Å²) in [6.45, 7) is 1.69. The second-order valence-electron chi connectivity index (χ2n) is 7.44. The molecule has 2 aliphatic heterocycles. The number of carbonyl (C=O) groups is 4. The maximum Gasteiger partial charge on any atom is 0.338 e. The molecule has 0 bridgehead atoms. The van der Waals surface area contributed by atoms with Gasteiger partial charge in [-0.2, -0.15) is 0 Å². The lowest BCUT2D eigenvalue weighted by Gasteiger charge is -2.15. The van der Waals surface area contributed by atoms with E-state index in [2.05, 4.69) is 0 Å². The molecule has 2 aromatic rings. The number of likely N-dealkylation sites (tertiary alicyclic amines) is 1. The van der Waals surface area contributed by atoms with Crippen molar-refractivity contribution in [2.75, 3.05) is 18.0 Å². The summed E-state index contributed by atoms with van der Waals surface area (Å²) in [6, 6.07) is 13.3. The average Bonchev–Trinajstić information content (AvgIpc) is 3.42. The molecule has 2 heterocycles. The predicted octanol–water partition coefficient (Wildman–Crippen LogP) is 2.93. The molecule has 2 fully saturated rings. The summed E-state index contributed by atoms with van der Waals surface area (Å²) in [6.07, 6.45) is 2.52. The van der Waals surface area contributed by atoms with Gasteiger partial charge in [0.15, 0.2) is 0 Å². The van der Waals surface area contributed by atoms with Crippen molar-refractivity contribution < 1.29 is 23.9 Å². The molecule has 0 atom stereocenters. The number of esters is 1. The molecule has 2 saturated heterocycles. The number of carbonyl (C=O) groups excluding carboxylic acids is 4. The van der Waals surface area contributed by atoms with E-state index >= 15 is 0 Å². The van der Waals surface area contributed by atoms with Gasteiger partial charge in [0.1, 0.15) is 6.61 Å². The molecule has 0 radical (unpaired) electrons. The summed E-state index contributed by atoms with van der Waals surface area (Å²) in [4.78, 5) is 51.2. The first-order valence-corrected chi connectivity index (χ1v) is 10.0. The number of amides is 3. The molecular weight excluding hydrogens is 384 g/mol. The van der Waals surface area contributed by atoms with Gasteiger partial charge in [0.2, 0.25) is 11.8 Å². The van der Waals surface area contributed by atoms with E-state index in [0.29, 0.717) is 16.8 Å². The lowest BCUT2D eigenvalue weighted by molar-refractivity contribution is -0.121. The van der Waals surface area contributed by atoms with E-state index in [-0.39, 0.29) is 37.2 Å². The zero-order valence-corrected chi connectivity index (χ0v) is 16.5. The van der Waals surface area contributed by atoms with E-state index in [9.17, 15) is 19.2 Å². The standard InChI is InChI=1S/C23H22N2O5/c26-20-11-12-21(27)25(20)19-9-7-18(8-10-19)23(29)30-15-16-3-5-17(6-4-16)22(28)24-13-1-2-14-24/h3-10H,1-2,11-15H2. The zero-order valence-electron chi connectivity index (χ0n) is 16.5. The Bertz CT molecular complexity index is 960. The monoisotopic (exact) mass is 406 g/mol. The average molecular weight is 406 g/mol. The van der Waals surface area contributed by atoms with Crippen molar-refractivity contribution in [1.29, 1.82) is 0 Å². The third-order valence-corrected chi connectivity index (χ3v) is 5.38. The highest BCUT2D eigenvalue weighted by Crippen LogP contribution is 2.23. The van der Waals surface area contributed by atoms with Crippen LogP contribution >= 0.6 is 0 Å². The van der Waals surface area contributed by atoms with Crippen LogP contribution < -0.4 is 4.90 Å². The first-order chi connectivity index (χ1) is 14.5. The third-order valence-electron chi connectivity index (χ3n) is 5.38. The molecule has 7 heteroatoms. The number of anilines is 1. The SMILES string of the molecule is O=C(OCc1ccc(C(=O)N2CCCC2)cc1)c1ccc(N2C(=O)CCC2=O)cc1. The minimum atomic E-state index is -0.502. The maximum absolute atomic E-state index is 12.4. The molecule has 3 amide bonds. The molecular formula is C23H22N2O5. The Balaban J connectivity index is 1.33. The summed E-state index contributed by atoms with van der Waals surface area (Å²) in [5, 5.41) is 0. The second kappa shape index (κ2) is 8.49. The molecule has 2 aromatic carbocycles. The zero-order chi connectivity index (χ0) is 21.1. The van der Waals surface area contributed by atoms with Crippen molar-refractivity contribution in [3.63, 3.8) is 0 Å². The Labute approximate surface area is 174 Å². The van der Waals surface area contributed by atoms with Crippen molar-refractivity contribution >= 4 is 29.4 Å². The van der Waals surface area contributed by atoms with Gasteiger partial charge >= 0.3 is 5.97 Å². The first-order valence-electron chi connectivity index (χ1n) is 10.0. The number of ether oxygens (including phenoxy) is 1. The number of rotatable bonds is 5. The van der Waals surface area contributed by atoms with Crippen LogP contribution in [0.1, 0.15) is 52.0 Å². The summed E-state index contributed by atoms with van der Waals surface area (Å²) in [5.41, 5.74) is 2.20. The lowest BCUT2D eigenvalue weighted by atomic mass is 10.1. The van der Waals surface area contributed by atoms with Crippen LogP contribution in [-0.2, 0) is 20.9 Å². The highest BCUT2D eigenvalue weighted by Gasteiger charge is 2.30. The molecule has 0 spiro atoms. The first kappa shape index (κ1) is 19.8. The van der Waals surface area contributed by atoms with Gasteiger partial charge in [-0.1, -0.05) is 12.1 Å². The molecule has 7 nitrogen and oxygen atoms in total.